The first-order valence-corrected chi connectivity index (χ1v) is 13.2. The first-order valence-electron chi connectivity index (χ1n) is 12.8. The van der Waals surface area contributed by atoms with Crippen LogP contribution >= 0.6 is 11.6 Å². The molecule has 5 rings (SSSR count). The van der Waals surface area contributed by atoms with E-state index in [0.717, 1.165) is 41.0 Å². The molecule has 196 valence electrons. The number of carbonyl (C=O) groups is 1. The number of aliphatic imine (C=N–C) groups is 1. The summed E-state index contributed by atoms with van der Waals surface area (Å²) in [5.41, 5.74) is 5.89. The SMILES string of the molecule is CC1=C(CNC(=O)c2cc3cc(Nc4nccc(C5=CC(C)C(C)C=N5)n4)cc(Cl)c3[nH]2)C=CN(C)CC1. The summed E-state index contributed by atoms with van der Waals surface area (Å²) in [5.74, 6) is 1.05. The van der Waals surface area contributed by atoms with E-state index in [1.165, 1.54) is 5.57 Å². The summed E-state index contributed by atoms with van der Waals surface area (Å²) in [6, 6.07) is 7.37. The second-order valence-electron chi connectivity index (χ2n) is 10.1. The summed E-state index contributed by atoms with van der Waals surface area (Å²) in [7, 11) is 2.05. The molecule has 2 unspecified atom stereocenters. The number of hydrogen-bond donors (Lipinski definition) is 3. The number of benzene rings is 1. The van der Waals surface area contributed by atoms with Gasteiger partial charge < -0.3 is 20.5 Å². The highest BCUT2D eigenvalue weighted by molar-refractivity contribution is 6.35. The maximum absolute atomic E-state index is 12.9. The summed E-state index contributed by atoms with van der Waals surface area (Å²) in [6.45, 7) is 7.87. The predicted octanol–water partition coefficient (Wildman–Crippen LogP) is 5.95. The zero-order chi connectivity index (χ0) is 26.8. The van der Waals surface area contributed by atoms with Crippen molar-refractivity contribution in [1.82, 2.24) is 25.2 Å². The van der Waals surface area contributed by atoms with E-state index in [2.05, 4.69) is 81.6 Å². The van der Waals surface area contributed by atoms with E-state index >= 15 is 0 Å². The van der Waals surface area contributed by atoms with Crippen molar-refractivity contribution in [2.24, 2.45) is 16.8 Å². The number of fused-ring (bicyclic) bond motifs is 1. The van der Waals surface area contributed by atoms with Crippen molar-refractivity contribution < 1.29 is 4.79 Å². The fraction of sp³-hybridized carbons (Fsp3) is 0.310. The van der Waals surface area contributed by atoms with Crippen molar-refractivity contribution >= 4 is 52.0 Å². The molecule has 8 nitrogen and oxygen atoms in total. The van der Waals surface area contributed by atoms with Gasteiger partial charge in [-0.1, -0.05) is 37.1 Å². The van der Waals surface area contributed by atoms with Crippen molar-refractivity contribution in [1.29, 1.82) is 0 Å². The quantitative estimate of drug-likeness (QED) is 0.366. The minimum atomic E-state index is -0.182. The molecule has 2 aromatic heterocycles. The van der Waals surface area contributed by atoms with E-state index in [1.54, 1.807) is 18.3 Å². The molecule has 2 atom stereocenters. The van der Waals surface area contributed by atoms with Gasteiger partial charge in [-0.2, -0.15) is 0 Å². The minimum Gasteiger partial charge on any atom is -0.380 e. The van der Waals surface area contributed by atoms with Crippen LogP contribution in [0, 0.1) is 11.8 Å². The zero-order valence-electron chi connectivity index (χ0n) is 22.0. The number of carbonyl (C=O) groups excluding carboxylic acids is 1. The van der Waals surface area contributed by atoms with Gasteiger partial charge >= 0.3 is 0 Å². The van der Waals surface area contributed by atoms with Gasteiger partial charge in [0.05, 0.1) is 21.9 Å². The second-order valence-corrected chi connectivity index (χ2v) is 10.5. The lowest BCUT2D eigenvalue weighted by atomic mass is 9.93. The van der Waals surface area contributed by atoms with Crippen molar-refractivity contribution in [3.05, 3.63) is 76.4 Å². The lowest BCUT2D eigenvalue weighted by Gasteiger charge is -2.18. The maximum Gasteiger partial charge on any atom is 0.267 e. The Morgan fingerprint density at radius 1 is 1.24 bits per heavy atom. The van der Waals surface area contributed by atoms with Crippen LogP contribution < -0.4 is 10.6 Å². The third kappa shape index (κ3) is 5.65. The van der Waals surface area contributed by atoms with Gasteiger partial charge in [-0.25, -0.2) is 9.97 Å². The van der Waals surface area contributed by atoms with Crippen LogP contribution in [-0.4, -0.2) is 52.1 Å². The lowest BCUT2D eigenvalue weighted by molar-refractivity contribution is 0.0953. The van der Waals surface area contributed by atoms with Gasteiger partial charge in [-0.05, 0) is 67.3 Å². The Balaban J connectivity index is 1.32. The van der Waals surface area contributed by atoms with Crippen LogP contribution in [0.2, 0.25) is 5.02 Å². The number of amides is 1. The van der Waals surface area contributed by atoms with E-state index in [9.17, 15) is 4.79 Å². The second kappa shape index (κ2) is 10.8. The third-order valence-corrected chi connectivity index (χ3v) is 7.45. The monoisotopic (exact) mass is 529 g/mol. The molecule has 3 aromatic rings. The Kier molecular flexibility index (Phi) is 7.33. The average Bonchev–Trinajstić information content (AvgIpc) is 3.27. The normalized spacial score (nSPS) is 19.5. The van der Waals surface area contributed by atoms with Gasteiger partial charge in [-0.3, -0.25) is 9.79 Å². The molecule has 4 heterocycles. The van der Waals surface area contributed by atoms with Crippen LogP contribution in [-0.2, 0) is 0 Å². The van der Waals surface area contributed by atoms with Gasteiger partial charge in [0.25, 0.3) is 5.91 Å². The molecule has 1 amide bonds. The van der Waals surface area contributed by atoms with E-state index in [1.807, 2.05) is 18.3 Å². The van der Waals surface area contributed by atoms with Gasteiger partial charge in [-0.15, -0.1) is 0 Å². The molecule has 0 aliphatic carbocycles. The highest BCUT2D eigenvalue weighted by atomic mass is 35.5. The average molecular weight is 530 g/mol. The first-order chi connectivity index (χ1) is 18.3. The summed E-state index contributed by atoms with van der Waals surface area (Å²) in [4.78, 5) is 31.8. The molecule has 0 fully saturated rings. The van der Waals surface area contributed by atoms with Crippen LogP contribution in [0.1, 0.15) is 43.4 Å². The molecule has 0 saturated heterocycles. The number of hydrogen-bond acceptors (Lipinski definition) is 6. The number of nitrogens with one attached hydrogen (secondary N) is 3. The van der Waals surface area contributed by atoms with Crippen LogP contribution in [0.4, 0.5) is 11.6 Å². The van der Waals surface area contributed by atoms with Crippen LogP contribution in [0.5, 0.6) is 0 Å². The molecule has 38 heavy (non-hydrogen) atoms. The third-order valence-electron chi connectivity index (χ3n) is 7.16. The number of allylic oxidation sites excluding steroid dienone is 1. The van der Waals surface area contributed by atoms with Crippen LogP contribution in [0.25, 0.3) is 16.6 Å². The van der Waals surface area contributed by atoms with Crippen molar-refractivity contribution in [3.8, 4) is 0 Å². The van der Waals surface area contributed by atoms with Gasteiger partial charge in [0, 0.05) is 43.6 Å². The topological polar surface area (TPSA) is 98.3 Å². The maximum atomic E-state index is 12.9. The van der Waals surface area contributed by atoms with Crippen LogP contribution in [0.15, 0.2) is 65.0 Å². The number of nitrogens with zero attached hydrogens (tertiary/aromatic N) is 4. The van der Waals surface area contributed by atoms with E-state index < -0.39 is 0 Å². The first kappa shape index (κ1) is 25.7. The number of halogens is 1. The fourth-order valence-corrected chi connectivity index (χ4v) is 4.71. The molecular formula is C29H32ClN7O. The molecule has 0 radical (unpaired) electrons. The largest absolute Gasteiger partial charge is 0.380 e. The van der Waals surface area contributed by atoms with E-state index in [4.69, 9.17) is 11.6 Å². The molecule has 9 heteroatoms. The zero-order valence-corrected chi connectivity index (χ0v) is 22.8. The number of aromatic amines is 1. The number of anilines is 2. The Morgan fingerprint density at radius 2 is 2.08 bits per heavy atom. The van der Waals surface area contributed by atoms with E-state index in [-0.39, 0.29) is 5.91 Å². The standard InChI is InChI=1S/C29H32ClN7O/c1-17-6-9-37(4)10-7-20(17)16-33-28(38)26-13-21-12-22(14-23(30)27(21)35-26)34-29-31-8-5-24(36-29)25-11-18(2)19(3)15-32-25/h5,7-8,10-15,18-19,35H,6,9,16H2,1-4H3,(H,33,38)(H,31,34,36). The van der Waals surface area contributed by atoms with Gasteiger partial charge in [0.2, 0.25) is 5.95 Å². The lowest BCUT2D eigenvalue weighted by Crippen LogP contribution is -2.26. The van der Waals surface area contributed by atoms with Crippen molar-refractivity contribution in [2.75, 3.05) is 25.5 Å². The minimum absolute atomic E-state index is 0.182. The van der Waals surface area contributed by atoms with E-state index in [0.29, 0.717) is 40.6 Å². The molecular weight excluding hydrogens is 498 g/mol. The number of H-pyrrole nitrogens is 1. The molecule has 2 aliphatic rings. The molecule has 2 aliphatic heterocycles. The summed E-state index contributed by atoms with van der Waals surface area (Å²) in [6.07, 6.45) is 10.9. The Hall–Kier alpha value is -3.91. The Bertz CT molecular complexity index is 1500. The molecule has 0 saturated carbocycles. The Labute approximate surface area is 227 Å². The van der Waals surface area contributed by atoms with Gasteiger partial charge in [0.1, 0.15) is 5.69 Å². The van der Waals surface area contributed by atoms with Crippen molar-refractivity contribution in [3.63, 3.8) is 0 Å². The fourth-order valence-electron chi connectivity index (χ4n) is 4.43. The number of rotatable bonds is 6. The smallest absolute Gasteiger partial charge is 0.267 e. The number of aromatic nitrogens is 3. The highest BCUT2D eigenvalue weighted by Gasteiger charge is 2.17. The Morgan fingerprint density at radius 3 is 2.89 bits per heavy atom. The van der Waals surface area contributed by atoms with Crippen molar-refractivity contribution in [2.45, 2.75) is 27.2 Å². The summed E-state index contributed by atoms with van der Waals surface area (Å²) in [5, 5.41) is 7.58. The van der Waals surface area contributed by atoms with Gasteiger partial charge in [0.15, 0.2) is 0 Å². The molecule has 0 bridgehead atoms. The summed E-state index contributed by atoms with van der Waals surface area (Å²) < 4.78 is 0. The van der Waals surface area contributed by atoms with Crippen LogP contribution in [0.3, 0.4) is 0 Å². The molecule has 3 N–H and O–H groups in total. The molecule has 0 spiro atoms. The predicted molar refractivity (Wildman–Crippen MR) is 155 cm³/mol. The molecule has 1 aromatic carbocycles. The highest BCUT2D eigenvalue weighted by Crippen LogP contribution is 2.30. The summed E-state index contributed by atoms with van der Waals surface area (Å²) >= 11 is 6.59.